The molecule has 110 valence electrons. The van der Waals surface area contributed by atoms with E-state index in [2.05, 4.69) is 0 Å². The molecule has 1 N–H and O–H groups in total. The van der Waals surface area contributed by atoms with E-state index in [0.717, 1.165) is 48.1 Å². The summed E-state index contributed by atoms with van der Waals surface area (Å²) >= 11 is 0. The first-order chi connectivity index (χ1) is 9.88. The Hall–Kier alpha value is -1.81. The molecule has 0 atom stereocenters. The lowest BCUT2D eigenvalue weighted by Crippen LogP contribution is -2.33. The van der Waals surface area contributed by atoms with Gasteiger partial charge in [-0.1, -0.05) is 36.4 Å². The van der Waals surface area contributed by atoms with Gasteiger partial charge in [-0.2, -0.15) is 13.2 Å². The SMILES string of the molecule is OC1(c2ccc(-c3ccc(C(F)(F)F)cc3)cc2)CCC1. The Morgan fingerprint density at radius 3 is 1.67 bits per heavy atom. The van der Waals surface area contributed by atoms with Crippen LogP contribution in [0.25, 0.3) is 11.1 Å². The molecule has 2 aromatic rings. The van der Waals surface area contributed by atoms with Crippen LogP contribution in [0.4, 0.5) is 13.2 Å². The van der Waals surface area contributed by atoms with Crippen LogP contribution in [0.3, 0.4) is 0 Å². The monoisotopic (exact) mass is 292 g/mol. The van der Waals surface area contributed by atoms with E-state index < -0.39 is 17.3 Å². The number of rotatable bonds is 2. The number of aliphatic hydroxyl groups is 1. The van der Waals surface area contributed by atoms with Crippen molar-refractivity contribution < 1.29 is 18.3 Å². The van der Waals surface area contributed by atoms with E-state index in [9.17, 15) is 18.3 Å². The predicted molar refractivity (Wildman–Crippen MR) is 74.6 cm³/mol. The van der Waals surface area contributed by atoms with Gasteiger partial charge in [0.1, 0.15) is 0 Å². The lowest BCUT2D eigenvalue weighted by Gasteiger charge is -2.37. The molecule has 1 saturated carbocycles. The van der Waals surface area contributed by atoms with Crippen molar-refractivity contribution in [1.29, 1.82) is 0 Å². The Morgan fingerprint density at radius 1 is 0.810 bits per heavy atom. The quantitative estimate of drug-likeness (QED) is 0.847. The average molecular weight is 292 g/mol. The van der Waals surface area contributed by atoms with Gasteiger partial charge in [0, 0.05) is 0 Å². The van der Waals surface area contributed by atoms with Gasteiger partial charge in [0.05, 0.1) is 11.2 Å². The van der Waals surface area contributed by atoms with Crippen LogP contribution in [-0.2, 0) is 11.8 Å². The highest BCUT2D eigenvalue weighted by Crippen LogP contribution is 2.41. The lowest BCUT2D eigenvalue weighted by atomic mass is 9.75. The second-order valence-electron chi connectivity index (χ2n) is 5.54. The van der Waals surface area contributed by atoms with Gasteiger partial charge in [-0.25, -0.2) is 0 Å². The fourth-order valence-corrected chi connectivity index (χ4v) is 2.62. The zero-order valence-electron chi connectivity index (χ0n) is 11.3. The maximum Gasteiger partial charge on any atom is 0.416 e. The minimum atomic E-state index is -4.31. The van der Waals surface area contributed by atoms with Crippen LogP contribution >= 0.6 is 0 Å². The third-order valence-electron chi connectivity index (χ3n) is 4.15. The minimum absolute atomic E-state index is 0.647. The highest BCUT2D eigenvalue weighted by atomic mass is 19.4. The van der Waals surface area contributed by atoms with Crippen molar-refractivity contribution in [3.05, 3.63) is 59.7 Å². The molecule has 0 aromatic heterocycles. The molecule has 0 saturated heterocycles. The third-order valence-corrected chi connectivity index (χ3v) is 4.15. The first-order valence-corrected chi connectivity index (χ1v) is 6.89. The van der Waals surface area contributed by atoms with E-state index in [4.69, 9.17) is 0 Å². The second kappa shape index (κ2) is 4.88. The van der Waals surface area contributed by atoms with Crippen molar-refractivity contribution in [2.45, 2.75) is 31.0 Å². The molecule has 1 fully saturated rings. The van der Waals surface area contributed by atoms with Gasteiger partial charge in [-0.3, -0.25) is 0 Å². The van der Waals surface area contributed by atoms with Crippen LogP contribution in [0.15, 0.2) is 48.5 Å². The maximum atomic E-state index is 12.5. The van der Waals surface area contributed by atoms with Crippen molar-refractivity contribution >= 4 is 0 Å². The van der Waals surface area contributed by atoms with Crippen LogP contribution in [0.2, 0.25) is 0 Å². The topological polar surface area (TPSA) is 20.2 Å². The number of benzene rings is 2. The standard InChI is InChI=1S/C17H15F3O/c18-17(19,20)15-8-4-13(5-9-15)12-2-6-14(7-3-12)16(21)10-1-11-16/h2-9,21H,1,10-11H2. The van der Waals surface area contributed by atoms with Crippen LogP contribution < -0.4 is 0 Å². The summed E-state index contributed by atoms with van der Waals surface area (Å²) in [6, 6.07) is 12.5. The highest BCUT2D eigenvalue weighted by molar-refractivity contribution is 5.64. The molecule has 3 rings (SSSR count). The van der Waals surface area contributed by atoms with Crippen molar-refractivity contribution in [3.63, 3.8) is 0 Å². The zero-order valence-corrected chi connectivity index (χ0v) is 11.3. The first kappa shape index (κ1) is 14.1. The summed E-state index contributed by atoms with van der Waals surface area (Å²) in [6.07, 6.45) is -1.74. The Kier molecular flexibility index (Phi) is 3.29. The molecule has 2 aromatic carbocycles. The maximum absolute atomic E-state index is 12.5. The molecule has 0 amide bonds. The van der Waals surface area contributed by atoms with Crippen LogP contribution in [-0.4, -0.2) is 5.11 Å². The fourth-order valence-electron chi connectivity index (χ4n) is 2.62. The van der Waals surface area contributed by atoms with E-state index >= 15 is 0 Å². The largest absolute Gasteiger partial charge is 0.416 e. The molecular formula is C17H15F3O. The molecule has 4 heteroatoms. The smallest absolute Gasteiger partial charge is 0.385 e. The Balaban J connectivity index is 1.84. The Bertz CT molecular complexity index is 623. The van der Waals surface area contributed by atoms with E-state index in [-0.39, 0.29) is 0 Å². The Labute approximate surface area is 121 Å². The van der Waals surface area contributed by atoms with Gasteiger partial charge in [-0.05, 0) is 48.1 Å². The number of alkyl halides is 3. The summed E-state index contributed by atoms with van der Waals surface area (Å²) < 4.78 is 37.6. The summed E-state index contributed by atoms with van der Waals surface area (Å²) in [5, 5.41) is 10.2. The highest BCUT2D eigenvalue weighted by Gasteiger charge is 2.36. The fraction of sp³-hybridized carbons (Fsp3) is 0.294. The number of hydrogen-bond acceptors (Lipinski definition) is 1. The molecule has 1 aliphatic carbocycles. The van der Waals surface area contributed by atoms with Gasteiger partial charge in [0.2, 0.25) is 0 Å². The molecule has 21 heavy (non-hydrogen) atoms. The summed E-state index contributed by atoms with van der Waals surface area (Å²) in [5.74, 6) is 0. The summed E-state index contributed by atoms with van der Waals surface area (Å²) in [6.45, 7) is 0. The van der Waals surface area contributed by atoms with Crippen molar-refractivity contribution in [1.82, 2.24) is 0 Å². The molecule has 0 radical (unpaired) electrons. The van der Waals surface area contributed by atoms with Crippen LogP contribution in [0.1, 0.15) is 30.4 Å². The second-order valence-corrected chi connectivity index (χ2v) is 5.54. The van der Waals surface area contributed by atoms with E-state index in [1.165, 1.54) is 12.1 Å². The Morgan fingerprint density at radius 2 is 1.29 bits per heavy atom. The number of halogens is 3. The average Bonchev–Trinajstić information content (AvgIpc) is 2.44. The summed E-state index contributed by atoms with van der Waals surface area (Å²) in [5.41, 5.74) is 1.10. The van der Waals surface area contributed by atoms with Crippen molar-refractivity contribution in [2.75, 3.05) is 0 Å². The molecule has 1 nitrogen and oxygen atoms in total. The predicted octanol–water partition coefficient (Wildman–Crippen LogP) is 4.74. The van der Waals surface area contributed by atoms with Crippen LogP contribution in [0.5, 0.6) is 0 Å². The van der Waals surface area contributed by atoms with Gasteiger partial charge in [0.25, 0.3) is 0 Å². The molecule has 0 aliphatic heterocycles. The zero-order chi connectivity index (χ0) is 15.1. The summed E-state index contributed by atoms with van der Waals surface area (Å²) in [4.78, 5) is 0. The van der Waals surface area contributed by atoms with Crippen molar-refractivity contribution in [3.8, 4) is 11.1 Å². The van der Waals surface area contributed by atoms with Gasteiger partial charge < -0.3 is 5.11 Å². The lowest BCUT2D eigenvalue weighted by molar-refractivity contribution is -0.137. The van der Waals surface area contributed by atoms with Gasteiger partial charge in [0.15, 0.2) is 0 Å². The molecule has 0 unspecified atom stereocenters. The molecular weight excluding hydrogens is 277 g/mol. The minimum Gasteiger partial charge on any atom is -0.385 e. The molecule has 0 spiro atoms. The van der Waals surface area contributed by atoms with E-state index in [0.29, 0.717) is 0 Å². The third kappa shape index (κ3) is 2.68. The van der Waals surface area contributed by atoms with Gasteiger partial charge in [-0.15, -0.1) is 0 Å². The molecule has 0 heterocycles. The normalized spacial score (nSPS) is 17.3. The number of hydrogen-bond donors (Lipinski definition) is 1. The van der Waals surface area contributed by atoms with Gasteiger partial charge >= 0.3 is 6.18 Å². The molecule has 0 bridgehead atoms. The van der Waals surface area contributed by atoms with E-state index in [1.54, 1.807) is 0 Å². The van der Waals surface area contributed by atoms with E-state index in [1.807, 2.05) is 24.3 Å². The van der Waals surface area contributed by atoms with Crippen LogP contribution in [0, 0.1) is 0 Å². The molecule has 1 aliphatic rings. The van der Waals surface area contributed by atoms with Crippen molar-refractivity contribution in [2.24, 2.45) is 0 Å². The first-order valence-electron chi connectivity index (χ1n) is 6.89. The summed E-state index contributed by atoms with van der Waals surface area (Å²) in [7, 11) is 0.